The topological polar surface area (TPSA) is 72.0 Å². The second kappa shape index (κ2) is 5.38. The third-order valence-corrected chi connectivity index (χ3v) is 3.09. The Hall–Kier alpha value is -0.520. The van der Waals surface area contributed by atoms with Crippen LogP contribution in [0.1, 0.15) is 6.92 Å². The summed E-state index contributed by atoms with van der Waals surface area (Å²) in [7, 11) is 0. The zero-order chi connectivity index (χ0) is 10.6. The highest BCUT2D eigenvalue weighted by Gasteiger charge is 2.06. The molecule has 4 nitrogen and oxygen atoms in total. The van der Waals surface area contributed by atoms with E-state index in [0.29, 0.717) is 10.7 Å². The number of nitrogens with two attached hydrogens (primary N) is 1. The van der Waals surface area contributed by atoms with E-state index in [1.165, 1.54) is 18.0 Å². The molecular formula is C8H12ClN3OS. The third-order valence-electron chi connectivity index (χ3n) is 1.57. The fourth-order valence-corrected chi connectivity index (χ4v) is 1.85. The molecule has 0 aliphatic carbocycles. The van der Waals surface area contributed by atoms with Crippen molar-refractivity contribution >= 4 is 29.1 Å². The lowest BCUT2D eigenvalue weighted by Gasteiger charge is -2.07. The van der Waals surface area contributed by atoms with Gasteiger partial charge in [0.1, 0.15) is 5.03 Å². The molecule has 0 saturated carbocycles. The van der Waals surface area contributed by atoms with Gasteiger partial charge >= 0.3 is 0 Å². The van der Waals surface area contributed by atoms with E-state index in [4.69, 9.17) is 22.4 Å². The van der Waals surface area contributed by atoms with Gasteiger partial charge in [0.15, 0.2) is 0 Å². The molecule has 0 bridgehead atoms. The summed E-state index contributed by atoms with van der Waals surface area (Å²) < 4.78 is 0. The van der Waals surface area contributed by atoms with Gasteiger partial charge in [-0.15, -0.1) is 11.8 Å². The first-order chi connectivity index (χ1) is 6.63. The van der Waals surface area contributed by atoms with Crippen LogP contribution in [0, 0.1) is 5.92 Å². The molecule has 6 heteroatoms. The van der Waals surface area contributed by atoms with Crippen LogP contribution in [0.2, 0.25) is 5.28 Å². The van der Waals surface area contributed by atoms with E-state index in [2.05, 4.69) is 9.97 Å². The van der Waals surface area contributed by atoms with E-state index in [9.17, 15) is 0 Å². The van der Waals surface area contributed by atoms with Gasteiger partial charge < -0.3 is 10.8 Å². The smallest absolute Gasteiger partial charge is 0.223 e. The van der Waals surface area contributed by atoms with Crippen molar-refractivity contribution < 1.29 is 5.11 Å². The molecule has 1 rings (SSSR count). The van der Waals surface area contributed by atoms with Gasteiger partial charge in [-0.2, -0.15) is 0 Å². The van der Waals surface area contributed by atoms with E-state index < -0.39 is 0 Å². The molecule has 0 aliphatic rings. The molecule has 0 fully saturated rings. The minimum atomic E-state index is 0.158. The molecule has 0 spiro atoms. The maximum absolute atomic E-state index is 8.83. The highest BCUT2D eigenvalue weighted by molar-refractivity contribution is 7.99. The molecule has 14 heavy (non-hydrogen) atoms. The first kappa shape index (κ1) is 11.6. The molecule has 0 aliphatic heterocycles. The summed E-state index contributed by atoms with van der Waals surface area (Å²) in [5, 5.41) is 9.70. The molecule has 1 atom stereocenters. The summed E-state index contributed by atoms with van der Waals surface area (Å²) in [6.07, 6.45) is 1.49. The Bertz CT molecular complexity index is 311. The van der Waals surface area contributed by atoms with Crippen molar-refractivity contribution in [2.45, 2.75) is 11.9 Å². The maximum atomic E-state index is 8.83. The number of nitrogen functional groups attached to an aromatic ring is 1. The van der Waals surface area contributed by atoms with Gasteiger partial charge in [-0.3, -0.25) is 0 Å². The summed E-state index contributed by atoms with van der Waals surface area (Å²) >= 11 is 7.10. The number of nitrogens with zero attached hydrogens (tertiary/aromatic N) is 2. The normalized spacial score (nSPS) is 12.8. The third kappa shape index (κ3) is 3.32. The van der Waals surface area contributed by atoms with Crippen LogP contribution in [0.15, 0.2) is 11.2 Å². The Labute approximate surface area is 91.9 Å². The number of aliphatic hydroxyl groups is 1. The van der Waals surface area contributed by atoms with Crippen molar-refractivity contribution in [2.24, 2.45) is 5.92 Å². The quantitative estimate of drug-likeness (QED) is 0.468. The number of hydrogen-bond donors (Lipinski definition) is 2. The van der Waals surface area contributed by atoms with Gasteiger partial charge in [-0.1, -0.05) is 6.92 Å². The second-order valence-corrected chi connectivity index (χ2v) is 4.35. The van der Waals surface area contributed by atoms with Crippen molar-refractivity contribution in [3.05, 3.63) is 11.5 Å². The van der Waals surface area contributed by atoms with E-state index in [-0.39, 0.29) is 17.8 Å². The Morgan fingerprint density at radius 2 is 2.43 bits per heavy atom. The zero-order valence-electron chi connectivity index (χ0n) is 7.77. The average molecular weight is 234 g/mol. The maximum Gasteiger partial charge on any atom is 0.223 e. The Morgan fingerprint density at radius 3 is 3.07 bits per heavy atom. The van der Waals surface area contributed by atoms with Crippen LogP contribution < -0.4 is 5.73 Å². The van der Waals surface area contributed by atoms with Gasteiger partial charge in [0.2, 0.25) is 5.28 Å². The van der Waals surface area contributed by atoms with Crippen molar-refractivity contribution in [2.75, 3.05) is 18.1 Å². The molecule has 0 amide bonds. The Kier molecular flexibility index (Phi) is 4.44. The molecule has 1 unspecified atom stereocenters. The van der Waals surface area contributed by atoms with Crippen LogP contribution in [0.4, 0.5) is 5.69 Å². The van der Waals surface area contributed by atoms with Crippen molar-refractivity contribution in [1.82, 2.24) is 9.97 Å². The van der Waals surface area contributed by atoms with Crippen LogP contribution in [-0.4, -0.2) is 27.4 Å². The monoisotopic (exact) mass is 233 g/mol. The number of hydrogen-bond acceptors (Lipinski definition) is 5. The van der Waals surface area contributed by atoms with Gasteiger partial charge in [-0.25, -0.2) is 9.97 Å². The van der Waals surface area contributed by atoms with E-state index in [0.717, 1.165) is 5.75 Å². The fraction of sp³-hybridized carbons (Fsp3) is 0.500. The minimum Gasteiger partial charge on any atom is -0.396 e. The fourth-order valence-electron chi connectivity index (χ4n) is 0.745. The number of aliphatic hydroxyl groups excluding tert-OH is 1. The van der Waals surface area contributed by atoms with Gasteiger partial charge in [-0.05, 0) is 17.5 Å². The Balaban J connectivity index is 2.62. The molecule has 78 valence electrons. The molecular weight excluding hydrogens is 222 g/mol. The molecule has 3 N–H and O–H groups in total. The molecule has 0 radical (unpaired) electrons. The van der Waals surface area contributed by atoms with Crippen molar-refractivity contribution in [1.29, 1.82) is 0 Å². The second-order valence-electron chi connectivity index (χ2n) is 3.00. The molecule has 1 heterocycles. The highest BCUT2D eigenvalue weighted by atomic mass is 35.5. The summed E-state index contributed by atoms with van der Waals surface area (Å²) in [5.41, 5.74) is 6.17. The minimum absolute atomic E-state index is 0.158. The van der Waals surface area contributed by atoms with Gasteiger partial charge in [0.25, 0.3) is 0 Å². The number of thioether (sulfide) groups is 1. The summed E-state index contributed by atoms with van der Waals surface area (Å²) in [5.74, 6) is 0.974. The van der Waals surface area contributed by atoms with Gasteiger partial charge in [0.05, 0.1) is 11.9 Å². The van der Waals surface area contributed by atoms with Crippen molar-refractivity contribution in [3.8, 4) is 0 Å². The standard InChI is InChI=1S/C8H12ClN3OS/c1-5(3-13)4-14-7-6(10)2-11-8(9)12-7/h2,5,13H,3-4,10H2,1H3. The van der Waals surface area contributed by atoms with E-state index in [1.54, 1.807) is 0 Å². The number of anilines is 1. The van der Waals surface area contributed by atoms with Crippen molar-refractivity contribution in [3.63, 3.8) is 0 Å². The average Bonchev–Trinajstić information content (AvgIpc) is 2.19. The predicted octanol–water partition coefficient (Wildman–Crippen LogP) is 1.43. The lowest BCUT2D eigenvalue weighted by molar-refractivity contribution is 0.250. The summed E-state index contributed by atoms with van der Waals surface area (Å²) in [6, 6.07) is 0. The van der Waals surface area contributed by atoms with Crippen LogP contribution in [-0.2, 0) is 0 Å². The number of rotatable bonds is 4. The molecule has 1 aromatic heterocycles. The van der Waals surface area contributed by atoms with Crippen LogP contribution in [0.5, 0.6) is 0 Å². The highest BCUT2D eigenvalue weighted by Crippen LogP contribution is 2.24. The van der Waals surface area contributed by atoms with Crippen LogP contribution in [0.3, 0.4) is 0 Å². The number of halogens is 1. The molecule has 0 saturated heterocycles. The largest absolute Gasteiger partial charge is 0.396 e. The van der Waals surface area contributed by atoms with E-state index >= 15 is 0 Å². The molecule has 1 aromatic rings. The lowest BCUT2D eigenvalue weighted by Crippen LogP contribution is -2.04. The molecule has 0 aromatic carbocycles. The predicted molar refractivity (Wildman–Crippen MR) is 58.4 cm³/mol. The van der Waals surface area contributed by atoms with Crippen LogP contribution >= 0.6 is 23.4 Å². The lowest BCUT2D eigenvalue weighted by atomic mass is 10.2. The zero-order valence-corrected chi connectivity index (χ0v) is 9.35. The first-order valence-corrected chi connectivity index (χ1v) is 5.51. The first-order valence-electron chi connectivity index (χ1n) is 4.15. The van der Waals surface area contributed by atoms with Gasteiger partial charge in [0, 0.05) is 12.4 Å². The Morgan fingerprint density at radius 1 is 1.71 bits per heavy atom. The van der Waals surface area contributed by atoms with Crippen LogP contribution in [0.25, 0.3) is 0 Å². The SMILES string of the molecule is CC(CO)CSc1nc(Cl)ncc1N. The summed E-state index contributed by atoms with van der Waals surface area (Å²) in [4.78, 5) is 7.74. The summed E-state index contributed by atoms with van der Waals surface area (Å²) in [6.45, 7) is 2.11. The van der Waals surface area contributed by atoms with E-state index in [1.807, 2.05) is 6.92 Å². The number of aromatic nitrogens is 2.